The van der Waals surface area contributed by atoms with Gasteiger partial charge < -0.3 is 20.1 Å². The number of rotatable bonds is 0. The fourth-order valence-electron chi connectivity index (χ4n) is 5.42. The molecule has 3 N–H and O–H groups in total. The molecule has 120 valence electrons. The van der Waals surface area contributed by atoms with E-state index in [1.54, 1.807) is 6.07 Å². The van der Waals surface area contributed by atoms with Crippen molar-refractivity contribution in [2.75, 3.05) is 0 Å². The average Bonchev–Trinajstić information content (AvgIpc) is 2.85. The topological polar surface area (TPSA) is 69.9 Å². The third kappa shape index (κ3) is 1.45. The Balaban J connectivity index is 2.02. The summed E-state index contributed by atoms with van der Waals surface area (Å²) < 4.78 is 6.05. The molecule has 2 aliphatic carbocycles. The Morgan fingerprint density at radius 3 is 2.77 bits per heavy atom. The summed E-state index contributed by atoms with van der Waals surface area (Å²) >= 11 is 0. The predicted octanol–water partition coefficient (Wildman–Crippen LogP) is 2.41. The van der Waals surface area contributed by atoms with Crippen molar-refractivity contribution in [3.63, 3.8) is 0 Å². The van der Waals surface area contributed by atoms with E-state index < -0.39 is 23.2 Å². The van der Waals surface area contributed by atoms with Gasteiger partial charge in [0, 0.05) is 5.56 Å². The van der Waals surface area contributed by atoms with Crippen LogP contribution >= 0.6 is 0 Å². The van der Waals surface area contributed by atoms with Gasteiger partial charge in [-0.25, -0.2) is 0 Å². The summed E-state index contributed by atoms with van der Waals surface area (Å²) in [6.07, 6.45) is 2.86. The van der Waals surface area contributed by atoms with Gasteiger partial charge in [-0.2, -0.15) is 0 Å². The standard InChI is InChI=1S/C18H24O4/c1-10-5-6-12(19)15-14(10)17-8-3-4-11(2)18(17,21)9-7-13(20)16(17)22-15/h5-6,11,13,16,19-21H,3-4,7-9H2,1-2H3/t11-,13-,16-,17-,18+/m0/s1. The second-order valence-electron chi connectivity index (χ2n) is 7.44. The number of phenolic OH excluding ortho intramolecular Hbond substituents is 1. The van der Waals surface area contributed by atoms with Crippen LogP contribution in [0.25, 0.3) is 0 Å². The third-order valence-corrected chi connectivity index (χ3v) is 6.49. The molecular weight excluding hydrogens is 280 g/mol. The smallest absolute Gasteiger partial charge is 0.165 e. The third-order valence-electron chi connectivity index (χ3n) is 6.49. The van der Waals surface area contributed by atoms with Crippen molar-refractivity contribution >= 4 is 0 Å². The number of hydrogen-bond acceptors (Lipinski definition) is 4. The molecule has 0 unspecified atom stereocenters. The highest BCUT2D eigenvalue weighted by Crippen LogP contribution is 2.64. The van der Waals surface area contributed by atoms with E-state index in [4.69, 9.17) is 4.74 Å². The first kappa shape index (κ1) is 14.3. The van der Waals surface area contributed by atoms with Crippen molar-refractivity contribution in [3.05, 3.63) is 23.3 Å². The molecule has 2 fully saturated rings. The summed E-state index contributed by atoms with van der Waals surface area (Å²) in [6, 6.07) is 3.52. The number of aliphatic hydroxyl groups excluding tert-OH is 1. The first-order valence-corrected chi connectivity index (χ1v) is 8.32. The van der Waals surface area contributed by atoms with Crippen molar-refractivity contribution in [2.45, 2.75) is 69.2 Å². The molecule has 0 saturated heterocycles. The normalized spacial score (nSPS) is 43.0. The van der Waals surface area contributed by atoms with Crippen LogP contribution in [0.3, 0.4) is 0 Å². The molecule has 4 rings (SSSR count). The molecule has 0 radical (unpaired) electrons. The highest BCUT2D eigenvalue weighted by atomic mass is 16.5. The molecule has 4 nitrogen and oxygen atoms in total. The van der Waals surface area contributed by atoms with Gasteiger partial charge >= 0.3 is 0 Å². The molecule has 2 saturated carbocycles. The summed E-state index contributed by atoms with van der Waals surface area (Å²) in [7, 11) is 0. The quantitative estimate of drug-likeness (QED) is 0.688. The van der Waals surface area contributed by atoms with Crippen LogP contribution in [0.2, 0.25) is 0 Å². The van der Waals surface area contributed by atoms with E-state index in [0.717, 1.165) is 30.4 Å². The van der Waals surface area contributed by atoms with Crippen molar-refractivity contribution in [1.29, 1.82) is 0 Å². The zero-order valence-corrected chi connectivity index (χ0v) is 13.2. The Morgan fingerprint density at radius 2 is 2.00 bits per heavy atom. The minimum absolute atomic E-state index is 0.108. The van der Waals surface area contributed by atoms with Gasteiger partial charge in [-0.1, -0.05) is 19.4 Å². The molecule has 22 heavy (non-hydrogen) atoms. The number of ether oxygens (including phenoxy) is 1. The fourth-order valence-corrected chi connectivity index (χ4v) is 5.42. The van der Waals surface area contributed by atoms with Crippen molar-refractivity contribution in [3.8, 4) is 11.5 Å². The number of phenols is 1. The van der Waals surface area contributed by atoms with Crippen LogP contribution in [0.1, 0.15) is 50.2 Å². The van der Waals surface area contributed by atoms with Gasteiger partial charge in [0.25, 0.3) is 0 Å². The average molecular weight is 304 g/mol. The monoisotopic (exact) mass is 304 g/mol. The van der Waals surface area contributed by atoms with Gasteiger partial charge in [0.05, 0.1) is 17.1 Å². The lowest BCUT2D eigenvalue weighted by molar-refractivity contribution is -0.186. The van der Waals surface area contributed by atoms with Crippen LogP contribution in [-0.4, -0.2) is 33.1 Å². The summed E-state index contributed by atoms with van der Waals surface area (Å²) in [4.78, 5) is 0. The lowest BCUT2D eigenvalue weighted by Gasteiger charge is -2.58. The molecular formula is C18H24O4. The number of aromatic hydroxyl groups is 1. The molecule has 1 aromatic rings. The minimum atomic E-state index is -0.876. The van der Waals surface area contributed by atoms with E-state index in [1.807, 2.05) is 13.0 Å². The second-order valence-corrected chi connectivity index (χ2v) is 7.44. The Labute approximate surface area is 130 Å². The number of benzene rings is 1. The molecule has 1 spiro atoms. The molecule has 1 aliphatic heterocycles. The second kappa shape index (κ2) is 4.39. The zero-order chi connectivity index (χ0) is 15.7. The maximum atomic E-state index is 11.6. The maximum Gasteiger partial charge on any atom is 0.165 e. The molecule has 5 atom stereocenters. The van der Waals surface area contributed by atoms with E-state index in [0.29, 0.717) is 18.6 Å². The van der Waals surface area contributed by atoms with Crippen LogP contribution in [0, 0.1) is 12.8 Å². The van der Waals surface area contributed by atoms with Crippen molar-refractivity contribution in [2.24, 2.45) is 5.92 Å². The Kier molecular flexibility index (Phi) is 2.86. The summed E-state index contributed by atoms with van der Waals surface area (Å²) in [5.74, 6) is 0.739. The van der Waals surface area contributed by atoms with Gasteiger partial charge in [0.1, 0.15) is 6.10 Å². The van der Waals surface area contributed by atoms with Gasteiger partial charge in [-0.15, -0.1) is 0 Å². The van der Waals surface area contributed by atoms with Gasteiger partial charge in [-0.3, -0.25) is 0 Å². The van der Waals surface area contributed by atoms with Gasteiger partial charge in [-0.05, 0) is 50.2 Å². The molecule has 1 aromatic carbocycles. The summed E-state index contributed by atoms with van der Waals surface area (Å²) in [5, 5.41) is 32.4. The molecule has 0 bridgehead atoms. The number of aliphatic hydroxyl groups is 2. The summed E-state index contributed by atoms with van der Waals surface area (Å²) in [5.41, 5.74) is 0.474. The molecule has 0 amide bonds. The van der Waals surface area contributed by atoms with Crippen molar-refractivity contribution < 1.29 is 20.1 Å². The van der Waals surface area contributed by atoms with Gasteiger partial charge in [0.15, 0.2) is 11.5 Å². The van der Waals surface area contributed by atoms with Crippen molar-refractivity contribution in [1.82, 2.24) is 0 Å². The van der Waals surface area contributed by atoms with E-state index in [-0.39, 0.29) is 11.7 Å². The van der Waals surface area contributed by atoms with Crippen LogP contribution in [0.5, 0.6) is 11.5 Å². The first-order chi connectivity index (χ1) is 10.4. The highest BCUT2D eigenvalue weighted by molar-refractivity contribution is 5.59. The van der Waals surface area contributed by atoms with E-state index >= 15 is 0 Å². The molecule has 3 aliphatic rings. The maximum absolute atomic E-state index is 11.6. The van der Waals surface area contributed by atoms with Crippen LogP contribution < -0.4 is 4.74 Å². The SMILES string of the molecule is Cc1ccc(O)c2c1[C@]13CCC[C@H](C)[C@]1(O)CC[C@H](O)[C@@H]3O2. The number of fused-ring (bicyclic) bond motifs is 1. The molecule has 1 heterocycles. The van der Waals surface area contributed by atoms with Crippen LogP contribution in [-0.2, 0) is 5.41 Å². The fraction of sp³-hybridized carbons (Fsp3) is 0.667. The van der Waals surface area contributed by atoms with Gasteiger partial charge in [0.2, 0.25) is 0 Å². The lowest BCUT2D eigenvalue weighted by atomic mass is 9.49. The Bertz CT molecular complexity index is 628. The molecule has 4 heteroatoms. The van der Waals surface area contributed by atoms with E-state index in [9.17, 15) is 15.3 Å². The number of aryl methyl sites for hydroxylation is 1. The summed E-state index contributed by atoms with van der Waals surface area (Å²) in [6.45, 7) is 4.10. The van der Waals surface area contributed by atoms with E-state index in [2.05, 4.69) is 6.92 Å². The minimum Gasteiger partial charge on any atom is -0.504 e. The lowest BCUT2D eigenvalue weighted by Crippen LogP contribution is -2.68. The zero-order valence-electron chi connectivity index (χ0n) is 13.2. The molecule has 0 aromatic heterocycles. The van der Waals surface area contributed by atoms with Crippen LogP contribution in [0.15, 0.2) is 12.1 Å². The Hall–Kier alpha value is -1.26. The number of hydrogen-bond donors (Lipinski definition) is 3. The Morgan fingerprint density at radius 1 is 1.23 bits per heavy atom. The highest BCUT2D eigenvalue weighted by Gasteiger charge is 2.68. The first-order valence-electron chi connectivity index (χ1n) is 8.32. The van der Waals surface area contributed by atoms with E-state index in [1.165, 1.54) is 0 Å². The predicted molar refractivity (Wildman–Crippen MR) is 82.1 cm³/mol. The van der Waals surface area contributed by atoms with Crippen LogP contribution in [0.4, 0.5) is 0 Å². The largest absolute Gasteiger partial charge is 0.504 e.